The predicted octanol–water partition coefficient (Wildman–Crippen LogP) is 2.26. The Kier molecular flexibility index (Phi) is 5.00. The zero-order valence-electron chi connectivity index (χ0n) is 15.0. The van der Waals surface area contributed by atoms with E-state index >= 15 is 0 Å². The highest BCUT2D eigenvalue weighted by atomic mass is 16.7. The van der Waals surface area contributed by atoms with Gasteiger partial charge in [0.15, 0.2) is 11.5 Å². The Bertz CT molecular complexity index is 684. The van der Waals surface area contributed by atoms with Crippen molar-refractivity contribution >= 4 is 11.8 Å². The number of hydrogen-bond donors (Lipinski definition) is 1. The van der Waals surface area contributed by atoms with E-state index in [0.29, 0.717) is 25.6 Å². The van der Waals surface area contributed by atoms with Crippen molar-refractivity contribution in [2.75, 3.05) is 19.9 Å². The third kappa shape index (κ3) is 3.64. The van der Waals surface area contributed by atoms with Crippen LogP contribution in [0.25, 0.3) is 0 Å². The molecule has 1 aliphatic carbocycles. The number of likely N-dealkylation sites (tertiary alicyclic amines) is 1. The Hall–Kier alpha value is -2.24. The SMILES string of the molecule is O=C(NCCc1ccc2c(c1)OCO2)C1CC(=O)N(C2CCCCC2)C1. The van der Waals surface area contributed by atoms with Crippen LogP contribution in [0.5, 0.6) is 11.5 Å². The van der Waals surface area contributed by atoms with E-state index in [9.17, 15) is 9.59 Å². The number of nitrogens with zero attached hydrogens (tertiary/aromatic N) is 1. The van der Waals surface area contributed by atoms with Gasteiger partial charge in [0.2, 0.25) is 18.6 Å². The molecule has 0 bridgehead atoms. The number of hydrogen-bond acceptors (Lipinski definition) is 4. The van der Waals surface area contributed by atoms with Gasteiger partial charge in [0.1, 0.15) is 0 Å². The van der Waals surface area contributed by atoms with E-state index < -0.39 is 0 Å². The number of fused-ring (bicyclic) bond motifs is 1. The summed E-state index contributed by atoms with van der Waals surface area (Å²) in [6, 6.07) is 6.20. The zero-order valence-corrected chi connectivity index (χ0v) is 15.0. The molecule has 3 aliphatic rings. The van der Waals surface area contributed by atoms with Crippen molar-refractivity contribution in [3.63, 3.8) is 0 Å². The summed E-state index contributed by atoms with van der Waals surface area (Å²) in [5.41, 5.74) is 1.10. The van der Waals surface area contributed by atoms with E-state index in [-0.39, 0.29) is 24.5 Å². The number of rotatable bonds is 5. The fourth-order valence-corrected chi connectivity index (χ4v) is 4.22. The van der Waals surface area contributed by atoms with Crippen LogP contribution >= 0.6 is 0 Å². The van der Waals surface area contributed by atoms with Crippen molar-refractivity contribution in [3.05, 3.63) is 23.8 Å². The Morgan fingerprint density at radius 1 is 1.15 bits per heavy atom. The Morgan fingerprint density at radius 3 is 2.81 bits per heavy atom. The van der Waals surface area contributed by atoms with Crippen LogP contribution in [0.4, 0.5) is 0 Å². The lowest BCUT2D eigenvalue weighted by Gasteiger charge is -2.31. The van der Waals surface area contributed by atoms with Crippen molar-refractivity contribution in [2.45, 2.75) is 51.0 Å². The molecule has 2 aliphatic heterocycles. The standard InChI is InChI=1S/C20H26N2O4/c23-19-11-15(12-22(19)16-4-2-1-3-5-16)20(24)21-9-8-14-6-7-17-18(10-14)26-13-25-17/h6-7,10,15-16H,1-5,8-9,11-13H2,(H,21,24). The number of ether oxygens (including phenoxy) is 2. The summed E-state index contributed by atoms with van der Waals surface area (Å²) in [5.74, 6) is 1.47. The molecule has 1 saturated heterocycles. The van der Waals surface area contributed by atoms with Crippen LogP contribution in [-0.4, -0.2) is 42.6 Å². The smallest absolute Gasteiger partial charge is 0.231 e. The first-order valence-corrected chi connectivity index (χ1v) is 9.66. The van der Waals surface area contributed by atoms with Crippen LogP contribution in [0.1, 0.15) is 44.1 Å². The molecular weight excluding hydrogens is 332 g/mol. The quantitative estimate of drug-likeness (QED) is 0.877. The van der Waals surface area contributed by atoms with Crippen LogP contribution in [0.2, 0.25) is 0 Å². The fourth-order valence-electron chi connectivity index (χ4n) is 4.22. The molecule has 6 heteroatoms. The van der Waals surface area contributed by atoms with Gasteiger partial charge in [0.05, 0.1) is 5.92 Å². The second-order valence-corrected chi connectivity index (χ2v) is 7.47. The highest BCUT2D eigenvalue weighted by Gasteiger charge is 2.37. The van der Waals surface area contributed by atoms with Gasteiger partial charge in [-0.1, -0.05) is 25.3 Å². The lowest BCUT2D eigenvalue weighted by Crippen LogP contribution is -2.39. The summed E-state index contributed by atoms with van der Waals surface area (Å²) < 4.78 is 10.7. The summed E-state index contributed by atoms with van der Waals surface area (Å²) >= 11 is 0. The van der Waals surface area contributed by atoms with E-state index in [0.717, 1.165) is 36.3 Å². The monoisotopic (exact) mass is 358 g/mol. The van der Waals surface area contributed by atoms with Crippen molar-refractivity contribution in [3.8, 4) is 11.5 Å². The maximum Gasteiger partial charge on any atom is 0.231 e. The molecule has 1 aromatic rings. The van der Waals surface area contributed by atoms with E-state index in [1.807, 2.05) is 23.1 Å². The van der Waals surface area contributed by atoms with Crippen LogP contribution in [0.3, 0.4) is 0 Å². The van der Waals surface area contributed by atoms with Gasteiger partial charge in [0, 0.05) is 25.6 Å². The maximum absolute atomic E-state index is 12.5. The van der Waals surface area contributed by atoms with Gasteiger partial charge < -0.3 is 19.7 Å². The second-order valence-electron chi connectivity index (χ2n) is 7.47. The number of amides is 2. The van der Waals surface area contributed by atoms with E-state index in [4.69, 9.17) is 9.47 Å². The molecule has 4 rings (SSSR count). The summed E-state index contributed by atoms with van der Waals surface area (Å²) in [5, 5.41) is 2.99. The Balaban J connectivity index is 1.25. The maximum atomic E-state index is 12.5. The molecule has 26 heavy (non-hydrogen) atoms. The predicted molar refractivity (Wildman–Crippen MR) is 96.0 cm³/mol. The van der Waals surface area contributed by atoms with Gasteiger partial charge in [-0.25, -0.2) is 0 Å². The third-order valence-corrected chi connectivity index (χ3v) is 5.69. The first kappa shape index (κ1) is 17.2. The molecule has 2 fully saturated rings. The molecule has 1 N–H and O–H groups in total. The lowest BCUT2D eigenvalue weighted by molar-refractivity contribution is -0.130. The minimum Gasteiger partial charge on any atom is -0.454 e. The van der Waals surface area contributed by atoms with Gasteiger partial charge in [0.25, 0.3) is 0 Å². The van der Waals surface area contributed by atoms with Crippen molar-refractivity contribution in [1.29, 1.82) is 0 Å². The van der Waals surface area contributed by atoms with Crippen LogP contribution < -0.4 is 14.8 Å². The Labute approximate surface area is 153 Å². The van der Waals surface area contributed by atoms with Gasteiger partial charge >= 0.3 is 0 Å². The zero-order chi connectivity index (χ0) is 17.9. The average Bonchev–Trinajstić information content (AvgIpc) is 3.28. The van der Waals surface area contributed by atoms with E-state index in [1.165, 1.54) is 19.3 Å². The molecule has 6 nitrogen and oxygen atoms in total. The van der Waals surface area contributed by atoms with Gasteiger partial charge in [-0.05, 0) is 37.0 Å². The van der Waals surface area contributed by atoms with Gasteiger partial charge in [-0.15, -0.1) is 0 Å². The Morgan fingerprint density at radius 2 is 1.96 bits per heavy atom. The molecule has 140 valence electrons. The van der Waals surface area contributed by atoms with Gasteiger partial charge in [-0.2, -0.15) is 0 Å². The summed E-state index contributed by atoms with van der Waals surface area (Å²) in [6.07, 6.45) is 6.92. The topological polar surface area (TPSA) is 67.9 Å². The highest BCUT2D eigenvalue weighted by Crippen LogP contribution is 2.32. The highest BCUT2D eigenvalue weighted by molar-refractivity contribution is 5.89. The average molecular weight is 358 g/mol. The minimum atomic E-state index is -0.207. The van der Waals surface area contributed by atoms with Crippen molar-refractivity contribution in [2.24, 2.45) is 5.92 Å². The largest absolute Gasteiger partial charge is 0.454 e. The van der Waals surface area contributed by atoms with Crippen LogP contribution in [-0.2, 0) is 16.0 Å². The molecule has 1 atom stereocenters. The molecule has 0 aromatic heterocycles. The fraction of sp³-hybridized carbons (Fsp3) is 0.600. The van der Waals surface area contributed by atoms with Gasteiger partial charge in [-0.3, -0.25) is 9.59 Å². The first-order chi connectivity index (χ1) is 12.7. The molecule has 0 spiro atoms. The van der Waals surface area contributed by atoms with Crippen molar-refractivity contribution < 1.29 is 19.1 Å². The molecule has 2 heterocycles. The van der Waals surface area contributed by atoms with Crippen LogP contribution in [0, 0.1) is 5.92 Å². The van der Waals surface area contributed by atoms with E-state index in [1.54, 1.807) is 0 Å². The van der Waals surface area contributed by atoms with E-state index in [2.05, 4.69) is 5.32 Å². The summed E-state index contributed by atoms with van der Waals surface area (Å²) in [7, 11) is 0. The third-order valence-electron chi connectivity index (χ3n) is 5.69. The first-order valence-electron chi connectivity index (χ1n) is 9.66. The molecule has 1 aromatic carbocycles. The molecule has 1 saturated carbocycles. The molecule has 2 amide bonds. The molecule has 1 unspecified atom stereocenters. The number of carbonyl (C=O) groups is 2. The van der Waals surface area contributed by atoms with Crippen molar-refractivity contribution in [1.82, 2.24) is 10.2 Å². The number of nitrogens with one attached hydrogen (secondary N) is 1. The molecule has 0 radical (unpaired) electrons. The molecular formula is C20H26N2O4. The van der Waals surface area contributed by atoms with Crippen LogP contribution in [0.15, 0.2) is 18.2 Å². The second kappa shape index (κ2) is 7.56. The number of benzene rings is 1. The minimum absolute atomic E-state index is 0.00240. The summed E-state index contributed by atoms with van der Waals surface area (Å²) in [6.45, 7) is 1.41. The normalized spacial score (nSPS) is 22.7. The number of carbonyl (C=O) groups excluding carboxylic acids is 2. The lowest BCUT2D eigenvalue weighted by atomic mass is 9.94. The summed E-state index contributed by atoms with van der Waals surface area (Å²) in [4.78, 5) is 26.7.